The van der Waals surface area contributed by atoms with E-state index in [1.165, 1.54) is 24.3 Å². The predicted molar refractivity (Wildman–Crippen MR) is 156 cm³/mol. The first-order valence-corrected chi connectivity index (χ1v) is 15.7. The van der Waals surface area contributed by atoms with E-state index in [1.807, 2.05) is 0 Å². The molecule has 0 aliphatic carbocycles. The molecule has 0 saturated heterocycles. The van der Waals surface area contributed by atoms with E-state index in [9.17, 15) is 52.7 Å². The Morgan fingerprint density at radius 2 is 1.47 bits per heavy atom. The number of benzene rings is 4. The van der Waals surface area contributed by atoms with Gasteiger partial charge in [-0.25, -0.2) is 26.3 Å². The fourth-order valence-electron chi connectivity index (χ4n) is 4.87. The van der Waals surface area contributed by atoms with Crippen molar-refractivity contribution in [3.8, 4) is 5.75 Å². The molecule has 1 unspecified atom stereocenters. The number of halogens is 10. The molecule has 0 fully saturated rings. The molecule has 4 aromatic carbocycles. The molecule has 6 nitrogen and oxygen atoms in total. The predicted octanol–water partition coefficient (Wildman–Crippen LogP) is 7.32. The quantitative estimate of drug-likeness (QED) is 0.150. The number of nitrogens with one attached hydrogen (secondary N) is 2. The van der Waals surface area contributed by atoms with Crippen LogP contribution < -0.4 is 14.8 Å². The molecule has 262 valence electrons. The number of hydrogen-bond donors (Lipinski definition) is 2. The smallest absolute Gasteiger partial charge is 0.428 e. The van der Waals surface area contributed by atoms with Gasteiger partial charge in [0.15, 0.2) is 0 Å². The standard InChI is InChI=1S/C32H24F10N2O4S/c1-49(46,47)43-17-20-11-21(8-10-26(20)34)30(16-18-5-3-2-4-6-18,22-13-23(33)15-24(14-22)48-32(41,42)29(36)37)44-28(45)19-7-9-27(35)25(12-19)31(38,39)40/h2-15,29,43H,16-17H2,1H3,(H,44,45). The summed E-state index contributed by atoms with van der Waals surface area (Å²) in [5, 5.41) is 2.44. The lowest BCUT2D eigenvalue weighted by atomic mass is 9.77. The van der Waals surface area contributed by atoms with Gasteiger partial charge in [0.05, 0.1) is 17.4 Å². The van der Waals surface area contributed by atoms with Crippen LogP contribution in [-0.2, 0) is 34.7 Å². The summed E-state index contributed by atoms with van der Waals surface area (Å²) in [4.78, 5) is 13.8. The molecule has 49 heavy (non-hydrogen) atoms. The van der Waals surface area contributed by atoms with Gasteiger partial charge in [0.2, 0.25) is 10.0 Å². The van der Waals surface area contributed by atoms with E-state index >= 15 is 4.39 Å². The van der Waals surface area contributed by atoms with E-state index in [0.29, 0.717) is 35.9 Å². The van der Waals surface area contributed by atoms with Gasteiger partial charge in [-0.05, 0) is 59.2 Å². The highest BCUT2D eigenvalue weighted by molar-refractivity contribution is 7.88. The van der Waals surface area contributed by atoms with E-state index in [1.54, 1.807) is 6.07 Å². The molecule has 0 aromatic heterocycles. The van der Waals surface area contributed by atoms with Gasteiger partial charge in [-0.15, -0.1) is 0 Å². The van der Waals surface area contributed by atoms with Crippen LogP contribution in [0.5, 0.6) is 5.75 Å². The van der Waals surface area contributed by atoms with Crippen molar-refractivity contribution in [3.63, 3.8) is 0 Å². The average molecular weight is 723 g/mol. The van der Waals surface area contributed by atoms with Crippen molar-refractivity contribution >= 4 is 15.9 Å². The van der Waals surface area contributed by atoms with E-state index < -0.39 is 93.0 Å². The summed E-state index contributed by atoms with van der Waals surface area (Å²) in [7, 11) is -3.91. The zero-order valence-corrected chi connectivity index (χ0v) is 25.7. The zero-order valence-electron chi connectivity index (χ0n) is 24.9. The first-order valence-electron chi connectivity index (χ1n) is 13.8. The minimum Gasteiger partial charge on any atom is -0.428 e. The van der Waals surface area contributed by atoms with Crippen LogP contribution in [0, 0.1) is 17.5 Å². The average Bonchev–Trinajstić information content (AvgIpc) is 2.99. The van der Waals surface area contributed by atoms with E-state index in [-0.39, 0.29) is 17.2 Å². The molecule has 0 aliphatic heterocycles. The highest BCUT2D eigenvalue weighted by Gasteiger charge is 2.45. The maximum absolute atomic E-state index is 15.1. The van der Waals surface area contributed by atoms with Crippen LogP contribution in [0.2, 0.25) is 0 Å². The summed E-state index contributed by atoms with van der Waals surface area (Å²) in [6.45, 7) is -0.668. The van der Waals surface area contributed by atoms with Crippen LogP contribution in [0.25, 0.3) is 0 Å². The lowest BCUT2D eigenvalue weighted by molar-refractivity contribution is -0.253. The molecular weight excluding hydrogens is 698 g/mol. The van der Waals surface area contributed by atoms with Gasteiger partial charge in [-0.1, -0.05) is 36.4 Å². The monoisotopic (exact) mass is 722 g/mol. The van der Waals surface area contributed by atoms with Crippen molar-refractivity contribution in [2.75, 3.05) is 6.26 Å². The molecule has 17 heteroatoms. The second kappa shape index (κ2) is 14.1. The summed E-state index contributed by atoms with van der Waals surface area (Å²) in [6, 6.07) is 13.4. The van der Waals surface area contributed by atoms with Crippen LogP contribution in [0.1, 0.15) is 38.2 Å². The van der Waals surface area contributed by atoms with E-state index in [2.05, 4.69) is 14.8 Å². The number of sulfonamides is 1. The third-order valence-corrected chi connectivity index (χ3v) is 7.78. The van der Waals surface area contributed by atoms with Crippen molar-refractivity contribution in [3.05, 3.63) is 136 Å². The molecule has 0 bridgehead atoms. The minimum atomic E-state index is -5.25. The van der Waals surface area contributed by atoms with Crippen LogP contribution in [0.4, 0.5) is 43.9 Å². The second-order valence-electron chi connectivity index (χ2n) is 10.8. The lowest BCUT2D eigenvalue weighted by Gasteiger charge is -2.37. The Bertz CT molecular complexity index is 1940. The van der Waals surface area contributed by atoms with Gasteiger partial charge >= 0.3 is 18.7 Å². The van der Waals surface area contributed by atoms with Gasteiger partial charge in [0.1, 0.15) is 23.2 Å². The molecule has 4 aromatic rings. The molecule has 0 heterocycles. The molecule has 2 N–H and O–H groups in total. The molecule has 1 atom stereocenters. The zero-order chi connectivity index (χ0) is 36.4. The molecule has 0 saturated carbocycles. The number of amides is 1. The number of rotatable bonds is 12. The Hall–Kier alpha value is -4.64. The largest absolute Gasteiger partial charge is 0.461 e. The van der Waals surface area contributed by atoms with Crippen LogP contribution in [-0.4, -0.2) is 33.1 Å². The summed E-state index contributed by atoms with van der Waals surface area (Å²) in [5.74, 6) is -6.56. The summed E-state index contributed by atoms with van der Waals surface area (Å²) >= 11 is 0. The number of carbonyl (C=O) groups excluding carboxylic acids is 1. The highest BCUT2D eigenvalue weighted by Crippen LogP contribution is 2.39. The SMILES string of the molecule is CS(=O)(=O)NCc1cc(C(Cc2ccccc2)(NC(=O)c2ccc(F)c(C(F)(F)F)c2)c2cc(F)cc(OC(F)(F)C(F)F)c2)ccc1F. The van der Waals surface area contributed by atoms with Crippen molar-refractivity contribution < 1.29 is 61.9 Å². The first-order chi connectivity index (χ1) is 22.7. The Balaban J connectivity index is 2.02. The highest BCUT2D eigenvalue weighted by atomic mass is 32.2. The van der Waals surface area contributed by atoms with E-state index in [4.69, 9.17) is 0 Å². The third-order valence-electron chi connectivity index (χ3n) is 7.11. The van der Waals surface area contributed by atoms with Crippen molar-refractivity contribution in [2.45, 2.75) is 37.2 Å². The van der Waals surface area contributed by atoms with Crippen molar-refractivity contribution in [2.24, 2.45) is 0 Å². The normalized spacial score (nSPS) is 13.6. The van der Waals surface area contributed by atoms with Gasteiger partial charge in [-0.3, -0.25) is 4.79 Å². The Labute approximate surface area is 272 Å². The molecule has 1 amide bonds. The molecule has 0 radical (unpaired) electrons. The van der Waals surface area contributed by atoms with Gasteiger partial charge < -0.3 is 10.1 Å². The number of hydrogen-bond acceptors (Lipinski definition) is 4. The van der Waals surface area contributed by atoms with Gasteiger partial charge in [-0.2, -0.15) is 30.7 Å². The van der Waals surface area contributed by atoms with Crippen LogP contribution in [0.15, 0.2) is 84.9 Å². The molecule has 0 aliphatic rings. The second-order valence-corrected chi connectivity index (χ2v) is 12.6. The van der Waals surface area contributed by atoms with Crippen LogP contribution in [0.3, 0.4) is 0 Å². The molecule has 4 rings (SSSR count). The Kier molecular flexibility index (Phi) is 10.7. The van der Waals surface area contributed by atoms with Crippen LogP contribution >= 0.6 is 0 Å². The number of carbonyl (C=O) groups is 1. The third kappa shape index (κ3) is 9.08. The van der Waals surface area contributed by atoms with E-state index in [0.717, 1.165) is 24.5 Å². The Morgan fingerprint density at radius 3 is 2.08 bits per heavy atom. The maximum atomic E-state index is 15.1. The number of ether oxygens (including phenoxy) is 1. The first kappa shape index (κ1) is 37.2. The fourth-order valence-corrected chi connectivity index (χ4v) is 5.28. The summed E-state index contributed by atoms with van der Waals surface area (Å²) in [6.07, 6.45) is -14.4. The summed E-state index contributed by atoms with van der Waals surface area (Å²) < 4.78 is 168. The van der Waals surface area contributed by atoms with Crippen molar-refractivity contribution in [1.82, 2.24) is 10.0 Å². The molecule has 0 spiro atoms. The van der Waals surface area contributed by atoms with Gasteiger partial charge in [0, 0.05) is 30.2 Å². The lowest BCUT2D eigenvalue weighted by Crippen LogP contribution is -2.49. The number of alkyl halides is 7. The maximum Gasteiger partial charge on any atom is 0.461 e. The fraction of sp³-hybridized carbons (Fsp3) is 0.219. The topological polar surface area (TPSA) is 84.5 Å². The summed E-state index contributed by atoms with van der Waals surface area (Å²) in [5.41, 5.74) is -5.62. The molecular formula is C32H24F10N2O4S. The Morgan fingerprint density at radius 1 is 0.816 bits per heavy atom. The minimum absolute atomic E-state index is 0.188. The van der Waals surface area contributed by atoms with Gasteiger partial charge in [0.25, 0.3) is 5.91 Å². The van der Waals surface area contributed by atoms with Crippen molar-refractivity contribution in [1.29, 1.82) is 0 Å².